The number of para-hydroxylation sites is 2. The first-order chi connectivity index (χ1) is 11.1. The standard InChI is InChI=1S/C15H13ClN4O3/c16-12-6-2-3-7-13(12)17-10-15(21)19-18-9-11-5-1-4-8-14(11)20(22)23/h1-9,17H,10H2,(H,19,21). The van der Waals surface area contributed by atoms with Gasteiger partial charge in [0.05, 0.1) is 34.0 Å². The molecule has 8 heteroatoms. The number of hydrogen-bond acceptors (Lipinski definition) is 5. The molecular weight excluding hydrogens is 320 g/mol. The van der Waals surface area contributed by atoms with E-state index in [9.17, 15) is 14.9 Å². The van der Waals surface area contributed by atoms with Crippen molar-refractivity contribution in [2.45, 2.75) is 0 Å². The highest BCUT2D eigenvalue weighted by molar-refractivity contribution is 6.33. The summed E-state index contributed by atoms with van der Waals surface area (Å²) in [6.45, 7) is -0.0298. The first kappa shape index (κ1) is 16.4. The largest absolute Gasteiger partial charge is 0.375 e. The quantitative estimate of drug-likeness (QED) is 0.483. The fourth-order valence-corrected chi connectivity index (χ4v) is 1.96. The van der Waals surface area contributed by atoms with Gasteiger partial charge in [-0.3, -0.25) is 14.9 Å². The molecule has 7 nitrogen and oxygen atoms in total. The number of hydrazone groups is 1. The monoisotopic (exact) mass is 332 g/mol. The lowest BCUT2D eigenvalue weighted by atomic mass is 10.2. The predicted octanol–water partition coefficient (Wildman–Crippen LogP) is 2.81. The fourth-order valence-electron chi connectivity index (χ4n) is 1.76. The molecule has 23 heavy (non-hydrogen) atoms. The molecule has 0 spiro atoms. The Bertz CT molecular complexity index is 749. The summed E-state index contributed by atoms with van der Waals surface area (Å²) < 4.78 is 0. The molecule has 0 radical (unpaired) electrons. The number of amides is 1. The van der Waals surface area contributed by atoms with Crippen LogP contribution in [0.15, 0.2) is 53.6 Å². The first-order valence-electron chi connectivity index (χ1n) is 6.61. The van der Waals surface area contributed by atoms with Gasteiger partial charge in [0.25, 0.3) is 11.6 Å². The number of benzene rings is 2. The molecule has 0 saturated heterocycles. The number of carbonyl (C=O) groups excluding carboxylic acids is 1. The number of hydrogen-bond donors (Lipinski definition) is 2. The van der Waals surface area contributed by atoms with Crippen molar-refractivity contribution in [2.24, 2.45) is 5.10 Å². The second-order valence-electron chi connectivity index (χ2n) is 4.44. The molecule has 1 amide bonds. The van der Waals surface area contributed by atoms with Gasteiger partial charge in [0.2, 0.25) is 0 Å². The Labute approximate surface area is 137 Å². The molecule has 2 aromatic rings. The number of carbonyl (C=O) groups is 1. The summed E-state index contributed by atoms with van der Waals surface area (Å²) in [6, 6.07) is 13.1. The number of rotatable bonds is 6. The van der Waals surface area contributed by atoms with Crippen molar-refractivity contribution in [1.29, 1.82) is 0 Å². The molecule has 0 unspecified atom stereocenters. The van der Waals surface area contributed by atoms with E-state index in [1.807, 2.05) is 0 Å². The molecule has 0 aliphatic heterocycles. The summed E-state index contributed by atoms with van der Waals surface area (Å²) in [4.78, 5) is 22.0. The summed E-state index contributed by atoms with van der Waals surface area (Å²) in [5.41, 5.74) is 3.14. The highest BCUT2D eigenvalue weighted by Gasteiger charge is 2.10. The van der Waals surface area contributed by atoms with Gasteiger partial charge in [-0.1, -0.05) is 35.9 Å². The van der Waals surface area contributed by atoms with E-state index in [2.05, 4.69) is 15.8 Å². The van der Waals surface area contributed by atoms with Crippen molar-refractivity contribution in [1.82, 2.24) is 5.43 Å². The van der Waals surface area contributed by atoms with E-state index < -0.39 is 10.8 Å². The van der Waals surface area contributed by atoms with Crippen molar-refractivity contribution >= 4 is 35.1 Å². The van der Waals surface area contributed by atoms with Crippen LogP contribution in [0.2, 0.25) is 5.02 Å². The molecule has 0 fully saturated rings. The highest BCUT2D eigenvalue weighted by atomic mass is 35.5. The van der Waals surface area contributed by atoms with Crippen LogP contribution in [-0.4, -0.2) is 23.6 Å². The average Bonchev–Trinajstić information content (AvgIpc) is 2.54. The summed E-state index contributed by atoms with van der Waals surface area (Å²) >= 11 is 5.95. The van der Waals surface area contributed by atoms with Crippen LogP contribution in [-0.2, 0) is 4.79 Å². The van der Waals surface area contributed by atoms with Gasteiger partial charge in [-0.15, -0.1) is 0 Å². The molecule has 0 bridgehead atoms. The maximum atomic E-state index is 11.7. The van der Waals surface area contributed by atoms with Crippen LogP contribution >= 0.6 is 11.6 Å². The first-order valence-corrected chi connectivity index (χ1v) is 6.99. The summed E-state index contributed by atoms with van der Waals surface area (Å²) in [6.07, 6.45) is 1.23. The van der Waals surface area contributed by atoms with Crippen LogP contribution in [0, 0.1) is 10.1 Å². The molecule has 2 aromatic carbocycles. The maximum Gasteiger partial charge on any atom is 0.278 e. The van der Waals surface area contributed by atoms with Crippen LogP contribution in [0.3, 0.4) is 0 Å². The van der Waals surface area contributed by atoms with Gasteiger partial charge in [-0.2, -0.15) is 5.10 Å². The van der Waals surface area contributed by atoms with Gasteiger partial charge < -0.3 is 5.32 Å². The third-order valence-corrected chi connectivity index (χ3v) is 3.17. The normalized spacial score (nSPS) is 10.5. The molecule has 0 aromatic heterocycles. The maximum absolute atomic E-state index is 11.7. The molecule has 2 rings (SSSR count). The van der Waals surface area contributed by atoms with E-state index in [1.54, 1.807) is 36.4 Å². The van der Waals surface area contributed by atoms with Gasteiger partial charge in [0, 0.05) is 6.07 Å². The Hall–Kier alpha value is -2.93. The SMILES string of the molecule is O=C(CNc1ccccc1Cl)NN=Cc1ccccc1[N+](=O)[O-]. The zero-order valence-electron chi connectivity index (χ0n) is 11.9. The molecule has 0 atom stereocenters. The van der Waals surface area contributed by atoms with Gasteiger partial charge >= 0.3 is 0 Å². The van der Waals surface area contributed by atoms with Crippen LogP contribution in [0.25, 0.3) is 0 Å². The van der Waals surface area contributed by atoms with Crippen molar-refractivity contribution in [2.75, 3.05) is 11.9 Å². The average molecular weight is 333 g/mol. The van der Waals surface area contributed by atoms with Gasteiger partial charge in [0.1, 0.15) is 0 Å². The number of anilines is 1. The number of nitro benzene ring substituents is 1. The second kappa shape index (κ2) is 7.90. The minimum Gasteiger partial charge on any atom is -0.375 e. The molecular formula is C15H13ClN4O3. The van der Waals surface area contributed by atoms with Crippen LogP contribution < -0.4 is 10.7 Å². The van der Waals surface area contributed by atoms with Crippen molar-refractivity contribution < 1.29 is 9.72 Å². The van der Waals surface area contributed by atoms with Gasteiger partial charge in [-0.05, 0) is 18.2 Å². The van der Waals surface area contributed by atoms with E-state index in [1.165, 1.54) is 18.3 Å². The topological polar surface area (TPSA) is 96.6 Å². The second-order valence-corrected chi connectivity index (χ2v) is 4.85. The van der Waals surface area contributed by atoms with Crippen molar-refractivity contribution in [3.63, 3.8) is 0 Å². The van der Waals surface area contributed by atoms with Gasteiger partial charge in [-0.25, -0.2) is 5.43 Å². The van der Waals surface area contributed by atoms with E-state index in [4.69, 9.17) is 11.6 Å². The van der Waals surface area contributed by atoms with Crippen molar-refractivity contribution in [3.8, 4) is 0 Å². The summed E-state index contributed by atoms with van der Waals surface area (Å²) in [5.74, 6) is -0.403. The van der Waals surface area contributed by atoms with Crippen LogP contribution in [0.5, 0.6) is 0 Å². The Balaban J connectivity index is 1.90. The molecule has 118 valence electrons. The lowest BCUT2D eigenvalue weighted by Crippen LogP contribution is -2.26. The third-order valence-electron chi connectivity index (χ3n) is 2.84. The smallest absolute Gasteiger partial charge is 0.278 e. The molecule has 0 aliphatic carbocycles. The van der Waals surface area contributed by atoms with E-state index >= 15 is 0 Å². The number of nitrogens with one attached hydrogen (secondary N) is 2. The van der Waals surface area contributed by atoms with Crippen molar-refractivity contribution in [3.05, 3.63) is 69.2 Å². The lowest BCUT2D eigenvalue weighted by Gasteiger charge is -2.06. The van der Waals surface area contributed by atoms with Crippen LogP contribution in [0.4, 0.5) is 11.4 Å². The predicted molar refractivity (Wildman–Crippen MR) is 88.8 cm³/mol. The Kier molecular flexibility index (Phi) is 5.65. The zero-order chi connectivity index (χ0) is 16.7. The third kappa shape index (κ3) is 4.79. The fraction of sp³-hybridized carbons (Fsp3) is 0.0667. The summed E-state index contributed by atoms with van der Waals surface area (Å²) in [7, 11) is 0. The number of halogens is 1. The van der Waals surface area contributed by atoms with E-state index in [0.29, 0.717) is 16.3 Å². The molecule has 0 aliphatic rings. The van der Waals surface area contributed by atoms with E-state index in [0.717, 1.165) is 0 Å². The van der Waals surface area contributed by atoms with Gasteiger partial charge in [0.15, 0.2) is 0 Å². The van der Waals surface area contributed by atoms with E-state index in [-0.39, 0.29) is 12.2 Å². The summed E-state index contributed by atoms with van der Waals surface area (Å²) in [5, 5.41) is 17.9. The molecule has 0 heterocycles. The Morgan fingerprint density at radius 3 is 2.65 bits per heavy atom. The number of nitro groups is 1. The lowest BCUT2D eigenvalue weighted by molar-refractivity contribution is -0.385. The Morgan fingerprint density at radius 2 is 1.91 bits per heavy atom. The number of nitrogens with zero attached hydrogens (tertiary/aromatic N) is 2. The minimum atomic E-state index is -0.512. The zero-order valence-corrected chi connectivity index (χ0v) is 12.7. The molecule has 0 saturated carbocycles. The Morgan fingerprint density at radius 1 is 1.22 bits per heavy atom. The van der Waals surface area contributed by atoms with Crippen LogP contribution in [0.1, 0.15) is 5.56 Å². The molecule has 2 N–H and O–H groups in total. The minimum absolute atomic E-state index is 0.0298. The highest BCUT2D eigenvalue weighted by Crippen LogP contribution is 2.19.